The average molecular weight is 507 g/mol. The molecule has 0 aromatic heterocycles. The maximum Gasteiger partial charge on any atom is 0.431 e. The number of ether oxygens (including phenoxy) is 2. The van der Waals surface area contributed by atoms with Crippen LogP contribution < -0.4 is 10.2 Å². The first-order valence-electron chi connectivity index (χ1n) is 11.3. The minimum Gasteiger partial charge on any atom is -0.496 e. The number of methoxy groups -OCH3 is 2. The van der Waals surface area contributed by atoms with Gasteiger partial charge in [0.25, 0.3) is 17.4 Å². The zero-order valence-electron chi connectivity index (χ0n) is 21.4. The molecule has 1 unspecified atom stereocenters. The summed E-state index contributed by atoms with van der Waals surface area (Å²) in [6.45, 7) is 10.6. The van der Waals surface area contributed by atoms with Gasteiger partial charge in [-0.15, -0.1) is 6.58 Å². The fourth-order valence-corrected chi connectivity index (χ4v) is 4.10. The van der Waals surface area contributed by atoms with Gasteiger partial charge in [-0.2, -0.15) is 13.2 Å². The van der Waals surface area contributed by atoms with Gasteiger partial charge in [-0.3, -0.25) is 15.0 Å². The molecule has 6 nitrogen and oxygen atoms in total. The smallest absolute Gasteiger partial charge is 0.431 e. The summed E-state index contributed by atoms with van der Waals surface area (Å²) in [5, 5.41) is 0.743. The van der Waals surface area contributed by atoms with Crippen molar-refractivity contribution in [3.8, 4) is 5.75 Å². The van der Waals surface area contributed by atoms with Crippen molar-refractivity contribution >= 4 is 11.8 Å². The molecule has 2 amide bonds. The van der Waals surface area contributed by atoms with Gasteiger partial charge in [0.1, 0.15) is 5.75 Å². The third-order valence-corrected chi connectivity index (χ3v) is 6.08. The Hall–Kier alpha value is -3.33. The van der Waals surface area contributed by atoms with E-state index in [2.05, 4.69) is 12.0 Å². The van der Waals surface area contributed by atoms with Gasteiger partial charge >= 0.3 is 6.18 Å². The molecule has 0 saturated heterocycles. The van der Waals surface area contributed by atoms with Crippen LogP contribution in [0.25, 0.3) is 0 Å². The number of hydrogen-bond acceptors (Lipinski definition) is 4. The second kappa shape index (κ2) is 11.2. The SMILES string of the molecule is C=CCC(N(NC(=O)c1cccc(OC)c1C)C(=O)[C@@](OC)(c1ccccc1)C(F)(F)F)C(C)(C)C. The van der Waals surface area contributed by atoms with Gasteiger partial charge in [0.15, 0.2) is 0 Å². The van der Waals surface area contributed by atoms with Crippen molar-refractivity contribution < 1.29 is 32.2 Å². The normalized spacial score (nSPS) is 14.4. The summed E-state index contributed by atoms with van der Waals surface area (Å²) >= 11 is 0. The highest BCUT2D eigenvalue weighted by atomic mass is 19.4. The first-order valence-corrected chi connectivity index (χ1v) is 11.3. The average Bonchev–Trinajstić information content (AvgIpc) is 2.81. The Labute approximate surface area is 210 Å². The number of alkyl halides is 3. The Morgan fingerprint density at radius 1 is 1.06 bits per heavy atom. The van der Waals surface area contributed by atoms with Gasteiger partial charge < -0.3 is 9.47 Å². The lowest BCUT2D eigenvalue weighted by molar-refractivity contribution is -0.273. The van der Waals surface area contributed by atoms with E-state index in [0.717, 1.165) is 12.1 Å². The molecule has 0 spiro atoms. The van der Waals surface area contributed by atoms with Crippen LogP contribution >= 0.6 is 0 Å². The highest BCUT2D eigenvalue weighted by molar-refractivity contribution is 5.98. The number of rotatable bonds is 8. The summed E-state index contributed by atoms with van der Waals surface area (Å²) in [4.78, 5) is 27.4. The second-order valence-corrected chi connectivity index (χ2v) is 9.40. The molecule has 2 aromatic carbocycles. The molecule has 2 aromatic rings. The molecule has 0 aliphatic rings. The number of nitrogens with one attached hydrogen (secondary N) is 1. The van der Waals surface area contributed by atoms with Crippen LogP contribution in [-0.2, 0) is 15.1 Å². The minimum atomic E-state index is -5.15. The van der Waals surface area contributed by atoms with Crippen molar-refractivity contribution in [3.63, 3.8) is 0 Å². The predicted molar refractivity (Wildman–Crippen MR) is 131 cm³/mol. The number of amides is 2. The number of carbonyl (C=O) groups excluding carboxylic acids is 2. The van der Waals surface area contributed by atoms with Gasteiger partial charge in [-0.05, 0) is 30.9 Å². The summed E-state index contributed by atoms with van der Waals surface area (Å²) in [5.41, 5.74) is -1.45. The number of nitrogens with zero attached hydrogens (tertiary/aromatic N) is 1. The highest BCUT2D eigenvalue weighted by Crippen LogP contribution is 2.44. The Balaban J connectivity index is 2.74. The molecule has 0 saturated carbocycles. The van der Waals surface area contributed by atoms with Crippen LogP contribution in [-0.4, -0.2) is 43.3 Å². The van der Waals surface area contributed by atoms with Crippen LogP contribution in [0.5, 0.6) is 5.75 Å². The number of benzene rings is 2. The highest BCUT2D eigenvalue weighted by Gasteiger charge is 2.65. The van der Waals surface area contributed by atoms with Crippen molar-refractivity contribution in [3.05, 3.63) is 77.9 Å². The molecule has 9 heteroatoms. The lowest BCUT2D eigenvalue weighted by atomic mass is 9.82. The first-order chi connectivity index (χ1) is 16.8. The standard InChI is InChI=1S/C27H33F3N2O4/c1-8-13-22(25(3,4)5)32(31-23(33)20-16-12-17-21(35-6)18(20)2)24(34)26(36-7,27(28,29)30)19-14-10-9-11-15-19/h8-12,14-17,22H,1,13H2,2-7H3,(H,31,33)/t22?,26-/m0/s1. The number of halogens is 3. The Kier molecular flexibility index (Phi) is 8.96. The third kappa shape index (κ3) is 5.56. The summed E-state index contributed by atoms with van der Waals surface area (Å²) in [7, 11) is 2.26. The molecule has 2 rings (SSSR count). The molecule has 0 radical (unpaired) electrons. The van der Waals surface area contributed by atoms with E-state index >= 15 is 0 Å². The van der Waals surface area contributed by atoms with E-state index in [1.807, 2.05) is 0 Å². The van der Waals surface area contributed by atoms with E-state index in [4.69, 9.17) is 9.47 Å². The molecule has 0 bridgehead atoms. The molecule has 196 valence electrons. The fraction of sp³-hybridized carbons (Fsp3) is 0.407. The van der Waals surface area contributed by atoms with Gasteiger partial charge in [-0.25, -0.2) is 5.01 Å². The van der Waals surface area contributed by atoms with E-state index in [1.54, 1.807) is 39.8 Å². The van der Waals surface area contributed by atoms with E-state index in [9.17, 15) is 22.8 Å². The molecule has 0 heterocycles. The molecule has 0 fully saturated rings. The lowest BCUT2D eigenvalue weighted by Crippen LogP contribution is -2.65. The van der Waals surface area contributed by atoms with E-state index < -0.39 is 40.6 Å². The van der Waals surface area contributed by atoms with Crippen LogP contribution in [0.1, 0.15) is 48.7 Å². The fourth-order valence-electron chi connectivity index (χ4n) is 4.10. The Morgan fingerprint density at radius 2 is 1.67 bits per heavy atom. The lowest BCUT2D eigenvalue weighted by Gasteiger charge is -2.44. The maximum atomic E-state index is 14.7. The minimum absolute atomic E-state index is 0.110. The van der Waals surface area contributed by atoms with Crippen LogP contribution in [0.2, 0.25) is 0 Å². The number of hydrogen-bond donors (Lipinski definition) is 1. The van der Waals surface area contributed by atoms with Gasteiger partial charge in [0, 0.05) is 23.8 Å². The van der Waals surface area contributed by atoms with E-state index in [-0.39, 0.29) is 12.0 Å². The van der Waals surface area contributed by atoms with Crippen LogP contribution in [0.4, 0.5) is 13.2 Å². The molecule has 0 aliphatic heterocycles. The maximum absolute atomic E-state index is 14.7. The quantitative estimate of drug-likeness (QED) is 0.375. The number of carbonyl (C=O) groups is 2. The molecular weight excluding hydrogens is 473 g/mol. The van der Waals surface area contributed by atoms with Gasteiger partial charge in [-0.1, -0.05) is 63.2 Å². The largest absolute Gasteiger partial charge is 0.496 e. The molecule has 2 atom stereocenters. The van der Waals surface area contributed by atoms with Crippen LogP contribution in [0.15, 0.2) is 61.2 Å². The first kappa shape index (κ1) is 28.9. The van der Waals surface area contributed by atoms with Crippen molar-refractivity contribution in [2.45, 2.75) is 51.9 Å². The molecule has 36 heavy (non-hydrogen) atoms. The van der Waals surface area contributed by atoms with Crippen LogP contribution in [0, 0.1) is 12.3 Å². The monoisotopic (exact) mass is 506 g/mol. The van der Waals surface area contributed by atoms with Crippen molar-refractivity contribution in [2.24, 2.45) is 5.41 Å². The van der Waals surface area contributed by atoms with E-state index in [0.29, 0.717) is 11.3 Å². The van der Waals surface area contributed by atoms with Crippen molar-refractivity contribution in [1.82, 2.24) is 10.4 Å². The second-order valence-electron chi connectivity index (χ2n) is 9.40. The summed E-state index contributed by atoms with van der Waals surface area (Å²) in [6, 6.07) is 10.5. The van der Waals surface area contributed by atoms with Gasteiger partial charge in [0.2, 0.25) is 0 Å². The Morgan fingerprint density at radius 3 is 2.14 bits per heavy atom. The van der Waals surface area contributed by atoms with E-state index in [1.165, 1.54) is 49.6 Å². The summed E-state index contributed by atoms with van der Waals surface area (Å²) in [6.07, 6.45) is -3.55. The zero-order chi connectivity index (χ0) is 27.3. The third-order valence-electron chi connectivity index (χ3n) is 6.08. The van der Waals surface area contributed by atoms with Crippen LogP contribution in [0.3, 0.4) is 0 Å². The predicted octanol–water partition coefficient (Wildman–Crippen LogP) is 5.57. The van der Waals surface area contributed by atoms with Crippen molar-refractivity contribution in [2.75, 3.05) is 14.2 Å². The number of hydrazine groups is 1. The molecule has 1 N–H and O–H groups in total. The van der Waals surface area contributed by atoms with Crippen molar-refractivity contribution in [1.29, 1.82) is 0 Å². The molecule has 0 aliphatic carbocycles. The molecular formula is C27H33F3N2O4. The summed E-state index contributed by atoms with van der Waals surface area (Å²) in [5.74, 6) is -1.82. The zero-order valence-corrected chi connectivity index (χ0v) is 21.4. The van der Waals surface area contributed by atoms with Gasteiger partial charge in [0.05, 0.1) is 13.2 Å². The Bertz CT molecular complexity index is 1080. The topological polar surface area (TPSA) is 67.9 Å². The summed E-state index contributed by atoms with van der Waals surface area (Å²) < 4.78 is 54.4.